The third-order valence-electron chi connectivity index (χ3n) is 3.98. The highest BCUT2D eigenvalue weighted by Gasteiger charge is 2.15. The molecule has 1 fully saturated rings. The van der Waals surface area contributed by atoms with Crippen LogP contribution < -0.4 is 10.2 Å². The van der Waals surface area contributed by atoms with E-state index in [0.29, 0.717) is 0 Å². The first-order chi connectivity index (χ1) is 9.16. The first-order valence-corrected chi connectivity index (χ1v) is 7.00. The van der Waals surface area contributed by atoms with Gasteiger partial charge in [0, 0.05) is 31.6 Å². The molecule has 0 saturated carbocycles. The van der Waals surface area contributed by atoms with Crippen molar-refractivity contribution in [1.82, 2.24) is 10.3 Å². The molecule has 19 heavy (non-hydrogen) atoms. The maximum atomic E-state index is 4.96. The molecule has 1 aliphatic rings. The van der Waals surface area contributed by atoms with Gasteiger partial charge in [-0.2, -0.15) is 0 Å². The Morgan fingerprint density at radius 3 is 2.42 bits per heavy atom. The molecular weight excluding hydrogens is 234 g/mol. The van der Waals surface area contributed by atoms with Crippen LogP contribution in [-0.4, -0.2) is 31.2 Å². The summed E-state index contributed by atoms with van der Waals surface area (Å²) in [6, 6.07) is 6.65. The number of hydrogen-bond donors (Lipinski definition) is 1. The number of benzene rings is 1. The molecule has 2 heterocycles. The maximum Gasteiger partial charge on any atom is 0.132 e. The van der Waals surface area contributed by atoms with Gasteiger partial charge in [0.25, 0.3) is 0 Å². The van der Waals surface area contributed by atoms with Crippen LogP contribution in [-0.2, 0) is 0 Å². The second-order valence-electron chi connectivity index (χ2n) is 5.46. The molecule has 3 nitrogen and oxygen atoms in total. The van der Waals surface area contributed by atoms with Crippen molar-refractivity contribution in [2.45, 2.75) is 20.8 Å². The average Bonchev–Trinajstić information content (AvgIpc) is 2.44. The van der Waals surface area contributed by atoms with Crippen LogP contribution in [0.3, 0.4) is 0 Å². The predicted molar refractivity (Wildman–Crippen MR) is 81.0 cm³/mol. The molecule has 0 bridgehead atoms. The summed E-state index contributed by atoms with van der Waals surface area (Å²) in [4.78, 5) is 7.35. The van der Waals surface area contributed by atoms with Crippen LogP contribution in [0.2, 0.25) is 0 Å². The fraction of sp³-hybridized carbons (Fsp3) is 0.438. The first-order valence-electron chi connectivity index (χ1n) is 7.00. The molecule has 0 spiro atoms. The van der Waals surface area contributed by atoms with E-state index in [1.165, 1.54) is 22.1 Å². The third-order valence-corrected chi connectivity index (χ3v) is 3.98. The van der Waals surface area contributed by atoms with E-state index in [-0.39, 0.29) is 0 Å². The molecule has 1 N–H and O–H groups in total. The summed E-state index contributed by atoms with van der Waals surface area (Å²) in [5.74, 6) is 1.16. The molecule has 2 aromatic rings. The van der Waals surface area contributed by atoms with Crippen LogP contribution >= 0.6 is 0 Å². The number of nitrogens with zero attached hydrogens (tertiary/aromatic N) is 2. The van der Waals surface area contributed by atoms with E-state index >= 15 is 0 Å². The molecule has 0 amide bonds. The van der Waals surface area contributed by atoms with E-state index < -0.39 is 0 Å². The molecule has 3 heteroatoms. The van der Waals surface area contributed by atoms with Gasteiger partial charge in [-0.15, -0.1) is 0 Å². The summed E-state index contributed by atoms with van der Waals surface area (Å²) in [6.45, 7) is 10.7. The molecule has 1 aliphatic heterocycles. The van der Waals surface area contributed by atoms with Crippen molar-refractivity contribution in [2.24, 2.45) is 0 Å². The fourth-order valence-electron chi connectivity index (χ4n) is 2.82. The summed E-state index contributed by atoms with van der Waals surface area (Å²) < 4.78 is 0. The van der Waals surface area contributed by atoms with E-state index in [1.807, 2.05) is 0 Å². The number of pyridine rings is 1. The lowest BCUT2D eigenvalue weighted by molar-refractivity contribution is 0.584. The van der Waals surface area contributed by atoms with Crippen molar-refractivity contribution in [3.8, 4) is 0 Å². The van der Waals surface area contributed by atoms with Gasteiger partial charge in [-0.25, -0.2) is 4.98 Å². The number of hydrogen-bond acceptors (Lipinski definition) is 3. The Hall–Kier alpha value is -1.61. The Morgan fingerprint density at radius 1 is 1.00 bits per heavy atom. The van der Waals surface area contributed by atoms with Crippen LogP contribution in [0, 0.1) is 20.8 Å². The van der Waals surface area contributed by atoms with Crippen molar-refractivity contribution >= 4 is 16.7 Å². The molecule has 1 aromatic heterocycles. The minimum Gasteiger partial charge on any atom is -0.354 e. The molecule has 3 rings (SSSR count). The lowest BCUT2D eigenvalue weighted by atomic mass is 10.0. The molecule has 1 saturated heterocycles. The largest absolute Gasteiger partial charge is 0.354 e. The van der Waals surface area contributed by atoms with Gasteiger partial charge >= 0.3 is 0 Å². The average molecular weight is 255 g/mol. The zero-order valence-corrected chi connectivity index (χ0v) is 12.0. The predicted octanol–water partition coefficient (Wildman–Crippen LogP) is 2.57. The second kappa shape index (κ2) is 4.82. The third kappa shape index (κ3) is 2.19. The van der Waals surface area contributed by atoms with Crippen LogP contribution in [0.25, 0.3) is 10.9 Å². The number of piperazine rings is 1. The highest BCUT2D eigenvalue weighted by Crippen LogP contribution is 2.27. The van der Waals surface area contributed by atoms with E-state index in [2.05, 4.69) is 49.2 Å². The Kier molecular flexibility index (Phi) is 3.15. The Balaban J connectivity index is 2.15. The monoisotopic (exact) mass is 255 g/mol. The summed E-state index contributed by atoms with van der Waals surface area (Å²) in [7, 11) is 0. The normalized spacial score (nSPS) is 16.1. The highest BCUT2D eigenvalue weighted by atomic mass is 15.2. The number of fused-ring (bicyclic) bond motifs is 1. The molecule has 1 aromatic carbocycles. The van der Waals surface area contributed by atoms with Gasteiger partial charge in [-0.1, -0.05) is 12.1 Å². The molecule has 0 aliphatic carbocycles. The molecular formula is C16H21N3. The Morgan fingerprint density at radius 2 is 1.68 bits per heavy atom. The summed E-state index contributed by atoms with van der Waals surface area (Å²) in [6.07, 6.45) is 0. The van der Waals surface area contributed by atoms with E-state index in [1.54, 1.807) is 0 Å². The van der Waals surface area contributed by atoms with Gasteiger partial charge < -0.3 is 10.2 Å². The minimum absolute atomic E-state index is 1.05. The van der Waals surface area contributed by atoms with Crippen molar-refractivity contribution in [1.29, 1.82) is 0 Å². The molecule has 0 radical (unpaired) electrons. The zero-order valence-electron chi connectivity index (χ0n) is 12.0. The van der Waals surface area contributed by atoms with Gasteiger partial charge in [0.2, 0.25) is 0 Å². The SMILES string of the molecule is Cc1cc2c(C)ccc(C)c2nc1N1CCNCC1. The van der Waals surface area contributed by atoms with Gasteiger partial charge in [0.05, 0.1) is 5.52 Å². The summed E-state index contributed by atoms with van der Waals surface area (Å²) >= 11 is 0. The summed E-state index contributed by atoms with van der Waals surface area (Å²) in [5.41, 5.74) is 5.00. The fourth-order valence-corrected chi connectivity index (χ4v) is 2.82. The van der Waals surface area contributed by atoms with Crippen LogP contribution in [0.5, 0.6) is 0 Å². The number of aromatic nitrogens is 1. The lowest BCUT2D eigenvalue weighted by Crippen LogP contribution is -2.44. The topological polar surface area (TPSA) is 28.2 Å². The highest BCUT2D eigenvalue weighted by molar-refractivity contribution is 5.87. The van der Waals surface area contributed by atoms with Gasteiger partial charge in [-0.3, -0.25) is 0 Å². The van der Waals surface area contributed by atoms with Gasteiger partial charge in [0.1, 0.15) is 5.82 Å². The number of aryl methyl sites for hydroxylation is 3. The Labute approximate surface area is 114 Å². The van der Waals surface area contributed by atoms with Crippen molar-refractivity contribution in [3.63, 3.8) is 0 Å². The zero-order chi connectivity index (χ0) is 13.4. The van der Waals surface area contributed by atoms with Gasteiger partial charge in [0.15, 0.2) is 0 Å². The smallest absolute Gasteiger partial charge is 0.132 e. The van der Waals surface area contributed by atoms with E-state index in [9.17, 15) is 0 Å². The van der Waals surface area contributed by atoms with E-state index in [0.717, 1.165) is 37.5 Å². The Bertz CT molecular complexity index is 613. The van der Waals surface area contributed by atoms with Crippen LogP contribution in [0.1, 0.15) is 16.7 Å². The number of anilines is 1. The molecule has 0 atom stereocenters. The minimum atomic E-state index is 1.05. The standard InChI is InChI=1S/C16H21N3/c1-11-4-5-12(2)15-14(11)10-13(3)16(18-15)19-8-6-17-7-9-19/h4-5,10,17H,6-9H2,1-3H3. The van der Waals surface area contributed by atoms with Crippen molar-refractivity contribution in [3.05, 3.63) is 34.9 Å². The van der Waals surface area contributed by atoms with E-state index in [4.69, 9.17) is 4.98 Å². The first kappa shape index (κ1) is 12.4. The molecule has 100 valence electrons. The quantitative estimate of drug-likeness (QED) is 0.849. The number of nitrogens with one attached hydrogen (secondary N) is 1. The maximum absolute atomic E-state index is 4.96. The molecule has 0 unspecified atom stereocenters. The van der Waals surface area contributed by atoms with Crippen LogP contribution in [0.15, 0.2) is 18.2 Å². The second-order valence-corrected chi connectivity index (χ2v) is 5.46. The van der Waals surface area contributed by atoms with Gasteiger partial charge in [-0.05, 0) is 43.5 Å². The van der Waals surface area contributed by atoms with Crippen LogP contribution in [0.4, 0.5) is 5.82 Å². The van der Waals surface area contributed by atoms with Crippen molar-refractivity contribution < 1.29 is 0 Å². The lowest BCUT2D eigenvalue weighted by Gasteiger charge is -2.30. The van der Waals surface area contributed by atoms with Crippen molar-refractivity contribution in [2.75, 3.05) is 31.1 Å². The number of rotatable bonds is 1. The summed E-state index contributed by atoms with van der Waals surface area (Å²) in [5, 5.41) is 4.68.